The van der Waals surface area contributed by atoms with Gasteiger partial charge < -0.3 is 5.32 Å². The summed E-state index contributed by atoms with van der Waals surface area (Å²) in [5.41, 5.74) is 2.45. The van der Waals surface area contributed by atoms with Crippen molar-refractivity contribution in [1.29, 1.82) is 0 Å². The van der Waals surface area contributed by atoms with Gasteiger partial charge in [-0.2, -0.15) is 0 Å². The van der Waals surface area contributed by atoms with Gasteiger partial charge in [0, 0.05) is 31.2 Å². The minimum absolute atomic E-state index is 0.0311. The molecule has 0 aliphatic heterocycles. The first kappa shape index (κ1) is 19.4. The summed E-state index contributed by atoms with van der Waals surface area (Å²) in [5.74, 6) is -0.0907. The predicted octanol–water partition coefficient (Wildman–Crippen LogP) is 2.96. The van der Waals surface area contributed by atoms with E-state index in [0.717, 1.165) is 11.1 Å². The van der Waals surface area contributed by atoms with Gasteiger partial charge in [0.1, 0.15) is 5.25 Å². The summed E-state index contributed by atoms with van der Waals surface area (Å²) in [6.45, 7) is 3.77. The molecule has 0 saturated heterocycles. The summed E-state index contributed by atoms with van der Waals surface area (Å²) in [6, 6.07) is 8.42. The lowest BCUT2D eigenvalue weighted by atomic mass is 10.1. The second-order valence-corrected chi connectivity index (χ2v) is 8.32. The van der Waals surface area contributed by atoms with E-state index in [4.69, 9.17) is 11.6 Å². The number of sulfone groups is 1. The SMILES string of the molecule is Cc1ccc(S(=O)(=O)[C@H](CNC(=O)CCCl)c2cccnc2)cc1C. The van der Waals surface area contributed by atoms with Crippen molar-refractivity contribution in [1.82, 2.24) is 10.3 Å². The van der Waals surface area contributed by atoms with Gasteiger partial charge in [-0.15, -0.1) is 11.6 Å². The summed E-state index contributed by atoms with van der Waals surface area (Å²) in [7, 11) is -3.69. The molecule has 0 aliphatic rings. The number of nitrogens with zero attached hydrogens (tertiary/aromatic N) is 1. The number of aryl methyl sites for hydroxylation is 2. The fourth-order valence-corrected chi connectivity index (χ4v) is 4.31. The zero-order valence-corrected chi connectivity index (χ0v) is 15.8. The van der Waals surface area contributed by atoms with Crippen LogP contribution in [-0.2, 0) is 14.6 Å². The Morgan fingerprint density at radius 2 is 2.00 bits per heavy atom. The molecule has 2 aromatic rings. The van der Waals surface area contributed by atoms with E-state index in [0.29, 0.717) is 5.56 Å². The molecule has 1 heterocycles. The van der Waals surface area contributed by atoms with Crippen molar-refractivity contribution in [2.24, 2.45) is 0 Å². The molecule has 0 aliphatic carbocycles. The first-order chi connectivity index (χ1) is 11.9. The van der Waals surface area contributed by atoms with Crippen LogP contribution in [-0.4, -0.2) is 31.7 Å². The number of nitrogens with one attached hydrogen (secondary N) is 1. The highest BCUT2D eigenvalue weighted by molar-refractivity contribution is 7.91. The van der Waals surface area contributed by atoms with Crippen molar-refractivity contribution in [3.05, 3.63) is 59.4 Å². The van der Waals surface area contributed by atoms with Gasteiger partial charge in [-0.05, 0) is 48.7 Å². The number of pyridine rings is 1. The lowest BCUT2D eigenvalue weighted by Gasteiger charge is -2.19. The molecule has 25 heavy (non-hydrogen) atoms. The van der Waals surface area contributed by atoms with E-state index in [9.17, 15) is 13.2 Å². The van der Waals surface area contributed by atoms with Crippen molar-refractivity contribution >= 4 is 27.3 Å². The van der Waals surface area contributed by atoms with Crippen LogP contribution in [0.2, 0.25) is 0 Å². The summed E-state index contributed by atoms with van der Waals surface area (Å²) < 4.78 is 26.3. The highest BCUT2D eigenvalue weighted by Gasteiger charge is 2.30. The Hall–Kier alpha value is -1.92. The largest absolute Gasteiger partial charge is 0.354 e. The number of hydrogen-bond acceptors (Lipinski definition) is 4. The molecule has 2 rings (SSSR count). The lowest BCUT2D eigenvalue weighted by molar-refractivity contribution is -0.120. The number of aromatic nitrogens is 1. The number of benzene rings is 1. The molecule has 0 unspecified atom stereocenters. The molecule has 1 aromatic carbocycles. The van der Waals surface area contributed by atoms with Gasteiger partial charge in [0.05, 0.1) is 4.90 Å². The molecule has 0 radical (unpaired) electrons. The third-order valence-corrected chi connectivity index (χ3v) is 6.33. The summed E-state index contributed by atoms with van der Waals surface area (Å²) in [4.78, 5) is 16.0. The monoisotopic (exact) mass is 380 g/mol. The molecule has 5 nitrogen and oxygen atoms in total. The van der Waals surface area contributed by atoms with Gasteiger partial charge in [0.15, 0.2) is 9.84 Å². The van der Waals surface area contributed by atoms with Crippen molar-refractivity contribution in [2.75, 3.05) is 12.4 Å². The molecule has 0 fully saturated rings. The maximum absolute atomic E-state index is 13.2. The van der Waals surface area contributed by atoms with Crippen LogP contribution in [0.4, 0.5) is 0 Å². The maximum atomic E-state index is 13.2. The first-order valence-corrected chi connectivity index (χ1v) is 9.98. The number of rotatable bonds is 7. The van der Waals surface area contributed by atoms with E-state index < -0.39 is 15.1 Å². The van der Waals surface area contributed by atoms with Crippen LogP contribution in [0.15, 0.2) is 47.6 Å². The highest BCUT2D eigenvalue weighted by Crippen LogP contribution is 2.29. The molecule has 0 saturated carbocycles. The van der Waals surface area contributed by atoms with Crippen LogP contribution < -0.4 is 5.32 Å². The molecular weight excluding hydrogens is 360 g/mol. The van der Waals surface area contributed by atoms with Crippen molar-refractivity contribution < 1.29 is 13.2 Å². The number of amides is 1. The van der Waals surface area contributed by atoms with Crippen LogP contribution in [0, 0.1) is 13.8 Å². The standard InChI is InChI=1S/C18H21ClN2O3S/c1-13-5-6-16(10-14(13)2)25(23,24)17(12-21-18(22)7-8-19)15-4-3-9-20-11-15/h3-6,9-11,17H,7-8,12H2,1-2H3,(H,21,22)/t17-/m1/s1. The molecule has 0 bridgehead atoms. The van der Waals surface area contributed by atoms with Gasteiger partial charge in [0.25, 0.3) is 0 Å². The highest BCUT2D eigenvalue weighted by atomic mass is 35.5. The van der Waals surface area contributed by atoms with Crippen LogP contribution in [0.25, 0.3) is 0 Å². The summed E-state index contributed by atoms with van der Waals surface area (Å²) in [5, 5.41) is 1.74. The van der Waals surface area contributed by atoms with Crippen LogP contribution in [0.3, 0.4) is 0 Å². The van der Waals surface area contributed by atoms with Crippen molar-refractivity contribution in [3.63, 3.8) is 0 Å². The second kappa shape index (κ2) is 8.45. The Morgan fingerprint density at radius 1 is 1.24 bits per heavy atom. The van der Waals surface area contributed by atoms with Gasteiger partial charge >= 0.3 is 0 Å². The van der Waals surface area contributed by atoms with E-state index in [1.807, 2.05) is 13.8 Å². The molecule has 1 amide bonds. The van der Waals surface area contributed by atoms with E-state index in [-0.39, 0.29) is 29.6 Å². The molecule has 1 atom stereocenters. The quantitative estimate of drug-likeness (QED) is 0.749. The van der Waals surface area contributed by atoms with Gasteiger partial charge in [0.2, 0.25) is 5.91 Å². The van der Waals surface area contributed by atoms with E-state index in [1.165, 1.54) is 6.20 Å². The maximum Gasteiger partial charge on any atom is 0.221 e. The minimum Gasteiger partial charge on any atom is -0.354 e. The Balaban J connectivity index is 2.39. The Kier molecular flexibility index (Phi) is 6.56. The van der Waals surface area contributed by atoms with Gasteiger partial charge in [-0.1, -0.05) is 12.1 Å². The fourth-order valence-electron chi connectivity index (χ4n) is 2.41. The normalized spacial score (nSPS) is 12.6. The Labute approximate surface area is 153 Å². The third-order valence-electron chi connectivity index (χ3n) is 4.04. The number of halogens is 1. The number of alkyl halides is 1. The average molecular weight is 381 g/mol. The van der Waals surface area contributed by atoms with Crippen LogP contribution in [0.1, 0.15) is 28.4 Å². The van der Waals surface area contributed by atoms with E-state index in [2.05, 4.69) is 10.3 Å². The average Bonchev–Trinajstić information content (AvgIpc) is 2.58. The van der Waals surface area contributed by atoms with Gasteiger partial charge in [-0.3, -0.25) is 9.78 Å². The fraction of sp³-hybridized carbons (Fsp3) is 0.333. The first-order valence-electron chi connectivity index (χ1n) is 7.90. The number of carbonyl (C=O) groups is 1. The minimum atomic E-state index is -3.69. The Bertz CT molecular complexity index is 839. The zero-order valence-electron chi connectivity index (χ0n) is 14.2. The molecule has 1 aromatic heterocycles. The van der Waals surface area contributed by atoms with E-state index >= 15 is 0 Å². The third kappa shape index (κ3) is 4.80. The van der Waals surface area contributed by atoms with E-state index in [1.54, 1.807) is 36.5 Å². The van der Waals surface area contributed by atoms with Gasteiger partial charge in [-0.25, -0.2) is 8.42 Å². The lowest BCUT2D eigenvalue weighted by Crippen LogP contribution is -2.32. The topological polar surface area (TPSA) is 76.1 Å². The number of carbonyl (C=O) groups excluding carboxylic acids is 1. The molecule has 134 valence electrons. The molecular formula is C18H21ClN2O3S. The zero-order chi connectivity index (χ0) is 18.4. The summed E-state index contributed by atoms with van der Waals surface area (Å²) >= 11 is 5.56. The molecule has 7 heteroatoms. The summed E-state index contributed by atoms with van der Waals surface area (Å²) in [6.07, 6.45) is 3.23. The van der Waals surface area contributed by atoms with Crippen molar-refractivity contribution in [2.45, 2.75) is 30.4 Å². The second-order valence-electron chi connectivity index (χ2n) is 5.81. The predicted molar refractivity (Wildman–Crippen MR) is 98.4 cm³/mol. The molecule has 1 N–H and O–H groups in total. The van der Waals surface area contributed by atoms with Crippen LogP contribution >= 0.6 is 11.6 Å². The smallest absolute Gasteiger partial charge is 0.221 e. The number of hydrogen-bond donors (Lipinski definition) is 1. The van der Waals surface area contributed by atoms with Crippen molar-refractivity contribution in [3.8, 4) is 0 Å². The molecule has 0 spiro atoms. The Morgan fingerprint density at radius 3 is 2.60 bits per heavy atom. The van der Waals surface area contributed by atoms with Crippen LogP contribution in [0.5, 0.6) is 0 Å².